The van der Waals surface area contributed by atoms with Gasteiger partial charge in [-0.15, -0.1) is 0 Å². The minimum Gasteiger partial charge on any atom is -0.378 e. The van der Waals surface area contributed by atoms with E-state index in [-0.39, 0.29) is 0 Å². The molecule has 0 aromatic heterocycles. The van der Waals surface area contributed by atoms with Crippen molar-refractivity contribution < 1.29 is 9.47 Å². The van der Waals surface area contributed by atoms with Gasteiger partial charge in [0.1, 0.15) is 0 Å². The van der Waals surface area contributed by atoms with Crippen molar-refractivity contribution in [2.24, 2.45) is 5.92 Å². The van der Waals surface area contributed by atoms with E-state index < -0.39 is 0 Å². The standard InChI is InChI=1S/C14H26O2/c1-2-15-14-8-7-12(11-14)9-10-16-13-5-3-4-6-13/h12-14H,2-11H2,1H3. The Balaban J connectivity index is 1.53. The van der Waals surface area contributed by atoms with Gasteiger partial charge in [-0.25, -0.2) is 0 Å². The van der Waals surface area contributed by atoms with Gasteiger partial charge in [-0.1, -0.05) is 12.8 Å². The fourth-order valence-corrected chi connectivity index (χ4v) is 3.13. The SMILES string of the molecule is CCOC1CCC(CCOC2CCCC2)C1. The molecule has 0 bridgehead atoms. The molecule has 0 aromatic rings. The predicted octanol–water partition coefficient (Wildman–Crippen LogP) is 3.54. The summed E-state index contributed by atoms with van der Waals surface area (Å²) in [5.41, 5.74) is 0. The van der Waals surface area contributed by atoms with Crippen LogP contribution in [-0.4, -0.2) is 25.4 Å². The summed E-state index contributed by atoms with van der Waals surface area (Å²) in [5, 5.41) is 0. The lowest BCUT2D eigenvalue weighted by molar-refractivity contribution is 0.0437. The maximum atomic E-state index is 5.92. The molecule has 2 aliphatic rings. The highest BCUT2D eigenvalue weighted by atomic mass is 16.5. The molecule has 0 aliphatic heterocycles. The maximum absolute atomic E-state index is 5.92. The highest BCUT2D eigenvalue weighted by Crippen LogP contribution is 2.30. The Morgan fingerprint density at radius 3 is 2.50 bits per heavy atom. The smallest absolute Gasteiger partial charge is 0.0577 e. The van der Waals surface area contributed by atoms with E-state index in [9.17, 15) is 0 Å². The molecule has 0 spiro atoms. The maximum Gasteiger partial charge on any atom is 0.0577 e. The van der Waals surface area contributed by atoms with Crippen LogP contribution in [0.3, 0.4) is 0 Å². The first kappa shape index (κ1) is 12.4. The number of rotatable bonds is 6. The Morgan fingerprint density at radius 2 is 1.75 bits per heavy atom. The quantitative estimate of drug-likeness (QED) is 0.689. The van der Waals surface area contributed by atoms with Crippen molar-refractivity contribution in [3.63, 3.8) is 0 Å². The summed E-state index contributed by atoms with van der Waals surface area (Å²) in [4.78, 5) is 0. The van der Waals surface area contributed by atoms with Gasteiger partial charge in [-0.2, -0.15) is 0 Å². The second-order valence-electron chi connectivity index (χ2n) is 5.32. The molecule has 0 radical (unpaired) electrons. The number of hydrogen-bond acceptors (Lipinski definition) is 2. The third-order valence-corrected chi connectivity index (χ3v) is 4.08. The van der Waals surface area contributed by atoms with Gasteiger partial charge in [0.15, 0.2) is 0 Å². The van der Waals surface area contributed by atoms with E-state index in [1.165, 1.54) is 51.4 Å². The average Bonchev–Trinajstić information content (AvgIpc) is 2.90. The normalized spacial score (nSPS) is 31.3. The van der Waals surface area contributed by atoms with Crippen LogP contribution in [0.15, 0.2) is 0 Å². The van der Waals surface area contributed by atoms with Crippen molar-refractivity contribution in [1.29, 1.82) is 0 Å². The van der Waals surface area contributed by atoms with Crippen molar-refractivity contribution in [1.82, 2.24) is 0 Å². The Kier molecular flexibility index (Phi) is 5.11. The fourth-order valence-electron chi connectivity index (χ4n) is 3.13. The van der Waals surface area contributed by atoms with Gasteiger partial charge >= 0.3 is 0 Å². The summed E-state index contributed by atoms with van der Waals surface area (Å²) in [6.45, 7) is 3.95. The van der Waals surface area contributed by atoms with Gasteiger partial charge in [0.2, 0.25) is 0 Å². The molecule has 2 nitrogen and oxygen atoms in total. The van der Waals surface area contributed by atoms with Crippen LogP contribution in [0.5, 0.6) is 0 Å². The molecule has 2 aliphatic carbocycles. The van der Waals surface area contributed by atoms with Crippen LogP contribution in [0.4, 0.5) is 0 Å². The van der Waals surface area contributed by atoms with Crippen molar-refractivity contribution in [2.75, 3.05) is 13.2 Å². The first-order valence-corrected chi connectivity index (χ1v) is 7.11. The summed E-state index contributed by atoms with van der Waals surface area (Å²) in [6, 6.07) is 0. The van der Waals surface area contributed by atoms with Crippen molar-refractivity contribution in [3.8, 4) is 0 Å². The molecule has 2 heteroatoms. The van der Waals surface area contributed by atoms with Crippen LogP contribution in [0.25, 0.3) is 0 Å². The molecular formula is C14H26O2. The summed E-state index contributed by atoms with van der Waals surface area (Å²) in [6.07, 6.45) is 11.6. The van der Waals surface area contributed by atoms with E-state index >= 15 is 0 Å². The van der Waals surface area contributed by atoms with Crippen molar-refractivity contribution in [3.05, 3.63) is 0 Å². The zero-order valence-electron chi connectivity index (χ0n) is 10.6. The molecule has 2 fully saturated rings. The minimum atomic E-state index is 0.543. The summed E-state index contributed by atoms with van der Waals surface area (Å²) < 4.78 is 11.6. The number of hydrogen-bond donors (Lipinski definition) is 0. The molecule has 0 amide bonds. The minimum absolute atomic E-state index is 0.543. The van der Waals surface area contributed by atoms with Gasteiger partial charge < -0.3 is 9.47 Å². The topological polar surface area (TPSA) is 18.5 Å². The van der Waals surface area contributed by atoms with Crippen LogP contribution in [0, 0.1) is 5.92 Å². The molecular weight excluding hydrogens is 200 g/mol. The van der Waals surface area contributed by atoms with Crippen molar-refractivity contribution >= 4 is 0 Å². The van der Waals surface area contributed by atoms with E-state index in [0.29, 0.717) is 12.2 Å². The van der Waals surface area contributed by atoms with E-state index in [0.717, 1.165) is 19.1 Å². The third kappa shape index (κ3) is 3.74. The van der Waals surface area contributed by atoms with Gasteiger partial charge in [-0.05, 0) is 51.4 Å². The lowest BCUT2D eigenvalue weighted by Gasteiger charge is -2.14. The fraction of sp³-hybridized carbons (Fsp3) is 1.00. The largest absolute Gasteiger partial charge is 0.378 e. The monoisotopic (exact) mass is 226 g/mol. The first-order valence-electron chi connectivity index (χ1n) is 7.11. The lowest BCUT2D eigenvalue weighted by atomic mass is 10.0. The zero-order chi connectivity index (χ0) is 11.2. The van der Waals surface area contributed by atoms with Crippen LogP contribution in [-0.2, 0) is 9.47 Å². The highest BCUT2D eigenvalue weighted by Gasteiger charge is 2.25. The molecule has 2 unspecified atom stereocenters. The molecule has 16 heavy (non-hydrogen) atoms. The molecule has 2 saturated carbocycles. The zero-order valence-corrected chi connectivity index (χ0v) is 10.6. The Morgan fingerprint density at radius 1 is 0.938 bits per heavy atom. The third-order valence-electron chi connectivity index (χ3n) is 4.08. The summed E-state index contributed by atoms with van der Waals surface area (Å²) >= 11 is 0. The summed E-state index contributed by atoms with van der Waals surface area (Å²) in [7, 11) is 0. The average molecular weight is 226 g/mol. The van der Waals surface area contributed by atoms with E-state index in [1.807, 2.05) is 0 Å². The Hall–Kier alpha value is -0.0800. The van der Waals surface area contributed by atoms with Gasteiger partial charge in [0.05, 0.1) is 12.2 Å². The molecule has 0 aromatic carbocycles. The Bertz CT molecular complexity index is 187. The van der Waals surface area contributed by atoms with Crippen LogP contribution in [0.2, 0.25) is 0 Å². The molecule has 0 N–H and O–H groups in total. The van der Waals surface area contributed by atoms with E-state index in [2.05, 4.69) is 6.92 Å². The van der Waals surface area contributed by atoms with Crippen LogP contribution >= 0.6 is 0 Å². The van der Waals surface area contributed by atoms with Crippen molar-refractivity contribution in [2.45, 2.75) is 70.5 Å². The van der Waals surface area contributed by atoms with Gasteiger partial charge in [0, 0.05) is 13.2 Å². The molecule has 2 rings (SSSR count). The molecule has 0 heterocycles. The van der Waals surface area contributed by atoms with E-state index in [1.54, 1.807) is 0 Å². The second kappa shape index (κ2) is 6.61. The van der Waals surface area contributed by atoms with Gasteiger partial charge in [0.25, 0.3) is 0 Å². The first-order chi connectivity index (χ1) is 7.88. The summed E-state index contributed by atoms with van der Waals surface area (Å²) in [5.74, 6) is 0.859. The highest BCUT2D eigenvalue weighted by molar-refractivity contribution is 4.76. The molecule has 94 valence electrons. The van der Waals surface area contributed by atoms with E-state index in [4.69, 9.17) is 9.47 Å². The van der Waals surface area contributed by atoms with Crippen LogP contribution < -0.4 is 0 Å². The molecule has 0 saturated heterocycles. The van der Waals surface area contributed by atoms with Gasteiger partial charge in [-0.3, -0.25) is 0 Å². The predicted molar refractivity (Wildman–Crippen MR) is 65.6 cm³/mol. The molecule has 2 atom stereocenters. The second-order valence-corrected chi connectivity index (χ2v) is 5.32. The Labute approximate surface area is 99.7 Å². The van der Waals surface area contributed by atoms with Crippen LogP contribution in [0.1, 0.15) is 58.3 Å². The lowest BCUT2D eigenvalue weighted by Crippen LogP contribution is -2.12. The number of ether oxygens (including phenoxy) is 2.